The molecule has 0 aliphatic carbocycles. The third-order valence-electron chi connectivity index (χ3n) is 4.14. The van der Waals surface area contributed by atoms with Gasteiger partial charge >= 0.3 is 12.1 Å². The van der Waals surface area contributed by atoms with Gasteiger partial charge in [0, 0.05) is 6.04 Å². The van der Waals surface area contributed by atoms with Crippen molar-refractivity contribution in [2.45, 2.75) is 64.5 Å². The molecule has 1 aliphatic heterocycles. The van der Waals surface area contributed by atoms with Gasteiger partial charge in [-0.2, -0.15) is 0 Å². The Morgan fingerprint density at radius 1 is 1.29 bits per heavy atom. The first-order chi connectivity index (χ1) is 11.4. The lowest BCUT2D eigenvalue weighted by atomic mass is 10.0. The van der Waals surface area contributed by atoms with Crippen LogP contribution in [-0.2, 0) is 20.9 Å². The van der Waals surface area contributed by atoms with Gasteiger partial charge < -0.3 is 14.6 Å². The largest absolute Gasteiger partial charge is 0.480 e. The smallest absolute Gasteiger partial charge is 0.411 e. The molecule has 1 amide bonds. The number of ether oxygens (including phenoxy) is 2. The Morgan fingerprint density at radius 2 is 1.96 bits per heavy atom. The highest BCUT2D eigenvalue weighted by Crippen LogP contribution is 2.26. The Morgan fingerprint density at radius 3 is 2.46 bits per heavy atom. The minimum atomic E-state index is -1.07. The molecule has 3 unspecified atom stereocenters. The maximum atomic E-state index is 12.5. The highest BCUT2D eigenvalue weighted by molar-refractivity contribution is 5.81. The maximum absolute atomic E-state index is 12.5. The molecule has 1 aromatic carbocycles. The van der Waals surface area contributed by atoms with Gasteiger partial charge in [0.25, 0.3) is 0 Å². The van der Waals surface area contributed by atoms with E-state index in [0.29, 0.717) is 6.42 Å². The summed E-state index contributed by atoms with van der Waals surface area (Å²) in [5.74, 6) is -1.07. The van der Waals surface area contributed by atoms with Crippen LogP contribution in [0.3, 0.4) is 0 Å². The van der Waals surface area contributed by atoms with E-state index in [1.54, 1.807) is 13.8 Å². The molecule has 1 N–H and O–H groups in total. The summed E-state index contributed by atoms with van der Waals surface area (Å²) in [5.41, 5.74) is 0.854. The molecule has 6 heteroatoms. The normalized spacial score (nSPS) is 21.5. The fraction of sp³-hybridized carbons (Fsp3) is 0.556. The predicted octanol–water partition coefficient (Wildman–Crippen LogP) is 3.05. The van der Waals surface area contributed by atoms with Gasteiger partial charge in [-0.1, -0.05) is 30.3 Å². The van der Waals surface area contributed by atoms with Crippen LogP contribution in [0.15, 0.2) is 30.3 Å². The molecule has 1 fully saturated rings. The Balaban J connectivity index is 2.10. The fourth-order valence-electron chi connectivity index (χ4n) is 2.96. The van der Waals surface area contributed by atoms with Crippen LogP contribution in [0, 0.1) is 0 Å². The summed E-state index contributed by atoms with van der Waals surface area (Å²) in [6.07, 6.45) is 0.270. The minimum absolute atomic E-state index is 0.00574. The Bertz CT molecular complexity index is 560. The first kappa shape index (κ1) is 18.3. The van der Waals surface area contributed by atoms with Crippen molar-refractivity contribution in [3.05, 3.63) is 35.9 Å². The third-order valence-corrected chi connectivity index (χ3v) is 4.14. The molecule has 1 aliphatic rings. The van der Waals surface area contributed by atoms with Gasteiger partial charge in [0.15, 0.2) is 6.04 Å². The van der Waals surface area contributed by atoms with Crippen LogP contribution in [0.4, 0.5) is 4.79 Å². The summed E-state index contributed by atoms with van der Waals surface area (Å²) in [5, 5.41) is 9.64. The van der Waals surface area contributed by atoms with Crippen molar-refractivity contribution < 1.29 is 24.2 Å². The number of nitrogens with zero attached hydrogens (tertiary/aromatic N) is 1. The van der Waals surface area contributed by atoms with Crippen molar-refractivity contribution in [3.8, 4) is 0 Å². The molecule has 1 heterocycles. The average Bonchev–Trinajstić information content (AvgIpc) is 2.96. The summed E-state index contributed by atoms with van der Waals surface area (Å²) in [7, 11) is 0. The van der Waals surface area contributed by atoms with Crippen LogP contribution >= 0.6 is 0 Å². The molecule has 0 aromatic heterocycles. The number of rotatable bonds is 6. The Labute approximate surface area is 142 Å². The quantitative estimate of drug-likeness (QED) is 0.864. The van der Waals surface area contributed by atoms with E-state index in [1.807, 2.05) is 37.3 Å². The zero-order valence-corrected chi connectivity index (χ0v) is 14.3. The second kappa shape index (κ2) is 8.15. The average molecular weight is 335 g/mol. The highest BCUT2D eigenvalue weighted by atomic mass is 16.6. The van der Waals surface area contributed by atoms with Gasteiger partial charge in [0.1, 0.15) is 6.61 Å². The molecule has 0 bridgehead atoms. The molecule has 1 aromatic rings. The van der Waals surface area contributed by atoms with Crippen molar-refractivity contribution in [1.82, 2.24) is 4.90 Å². The summed E-state index contributed by atoms with van der Waals surface area (Å²) in [4.78, 5) is 25.6. The molecule has 0 spiro atoms. The van der Waals surface area contributed by atoms with Crippen molar-refractivity contribution >= 4 is 12.1 Å². The van der Waals surface area contributed by atoms with E-state index in [-0.39, 0.29) is 18.8 Å². The number of benzene rings is 1. The lowest BCUT2D eigenvalue weighted by molar-refractivity contribution is -0.149. The SMILES string of the molecule is CC1CCC(C(C(=O)O)N(C(=O)OCc2ccccc2)C(C)C)O1. The number of aliphatic carboxylic acids is 1. The van der Waals surface area contributed by atoms with E-state index in [0.717, 1.165) is 12.0 Å². The van der Waals surface area contributed by atoms with Gasteiger partial charge in [0.2, 0.25) is 0 Å². The van der Waals surface area contributed by atoms with Gasteiger partial charge in [-0.25, -0.2) is 9.59 Å². The zero-order valence-electron chi connectivity index (χ0n) is 14.3. The van der Waals surface area contributed by atoms with Crippen LogP contribution in [-0.4, -0.2) is 46.4 Å². The van der Waals surface area contributed by atoms with Gasteiger partial charge in [-0.05, 0) is 39.2 Å². The molecule has 24 heavy (non-hydrogen) atoms. The molecule has 132 valence electrons. The Hall–Kier alpha value is -2.08. The van der Waals surface area contributed by atoms with E-state index >= 15 is 0 Å². The molecule has 6 nitrogen and oxygen atoms in total. The topological polar surface area (TPSA) is 76.1 Å². The Kier molecular flexibility index (Phi) is 6.20. The lowest BCUT2D eigenvalue weighted by Gasteiger charge is -2.34. The minimum Gasteiger partial charge on any atom is -0.480 e. The van der Waals surface area contributed by atoms with Crippen LogP contribution in [0.5, 0.6) is 0 Å². The van der Waals surface area contributed by atoms with E-state index in [1.165, 1.54) is 4.90 Å². The molecule has 3 atom stereocenters. The third kappa shape index (κ3) is 4.47. The number of carboxylic acid groups (broad SMARTS) is 1. The number of hydrogen-bond donors (Lipinski definition) is 1. The highest BCUT2D eigenvalue weighted by Gasteiger charge is 2.42. The number of carbonyl (C=O) groups is 2. The van der Waals surface area contributed by atoms with Crippen molar-refractivity contribution in [2.75, 3.05) is 0 Å². The van der Waals surface area contributed by atoms with Gasteiger partial charge in [-0.15, -0.1) is 0 Å². The van der Waals surface area contributed by atoms with E-state index in [2.05, 4.69) is 0 Å². The van der Waals surface area contributed by atoms with E-state index in [9.17, 15) is 14.7 Å². The zero-order chi connectivity index (χ0) is 17.7. The molecule has 2 rings (SSSR count). The molecule has 1 saturated heterocycles. The molecule has 0 saturated carbocycles. The van der Waals surface area contributed by atoms with Crippen LogP contribution < -0.4 is 0 Å². The van der Waals surface area contributed by atoms with Crippen LogP contribution in [0.25, 0.3) is 0 Å². The van der Waals surface area contributed by atoms with E-state index < -0.39 is 24.2 Å². The molecular weight excluding hydrogens is 310 g/mol. The number of amides is 1. The van der Waals surface area contributed by atoms with Crippen molar-refractivity contribution in [2.24, 2.45) is 0 Å². The van der Waals surface area contributed by atoms with Crippen LogP contribution in [0.1, 0.15) is 39.2 Å². The first-order valence-electron chi connectivity index (χ1n) is 8.27. The first-order valence-corrected chi connectivity index (χ1v) is 8.27. The standard InChI is InChI=1S/C18H25NO5/c1-12(2)19(16(17(20)21)15-10-9-13(3)24-15)18(22)23-11-14-7-5-4-6-8-14/h4-8,12-13,15-16H,9-11H2,1-3H3,(H,20,21). The van der Waals surface area contributed by atoms with Gasteiger partial charge in [-0.3, -0.25) is 4.90 Å². The molecular formula is C18H25NO5. The van der Waals surface area contributed by atoms with E-state index in [4.69, 9.17) is 9.47 Å². The number of carboxylic acids is 1. The van der Waals surface area contributed by atoms with Crippen molar-refractivity contribution in [1.29, 1.82) is 0 Å². The fourth-order valence-corrected chi connectivity index (χ4v) is 2.96. The lowest BCUT2D eigenvalue weighted by Crippen LogP contribution is -2.54. The maximum Gasteiger partial charge on any atom is 0.411 e. The van der Waals surface area contributed by atoms with Crippen LogP contribution in [0.2, 0.25) is 0 Å². The second-order valence-corrected chi connectivity index (χ2v) is 6.39. The van der Waals surface area contributed by atoms with Crippen molar-refractivity contribution in [3.63, 3.8) is 0 Å². The number of hydrogen-bond acceptors (Lipinski definition) is 4. The monoisotopic (exact) mass is 335 g/mol. The van der Waals surface area contributed by atoms with Gasteiger partial charge in [0.05, 0.1) is 12.2 Å². The summed E-state index contributed by atoms with van der Waals surface area (Å²) >= 11 is 0. The summed E-state index contributed by atoms with van der Waals surface area (Å²) in [6, 6.07) is 7.94. The second-order valence-electron chi connectivity index (χ2n) is 6.39. The number of carbonyl (C=O) groups excluding carboxylic acids is 1. The summed E-state index contributed by atoms with van der Waals surface area (Å²) < 4.78 is 11.0. The molecule has 0 radical (unpaired) electrons. The summed E-state index contributed by atoms with van der Waals surface area (Å²) in [6.45, 7) is 5.57. The predicted molar refractivity (Wildman–Crippen MR) is 88.6 cm³/mol.